The largest absolute Gasteiger partial charge is 0.315 e. The lowest BCUT2D eigenvalue weighted by Gasteiger charge is -2.23. The van der Waals surface area contributed by atoms with Gasteiger partial charge >= 0.3 is 0 Å². The molecule has 1 atom stereocenters. The van der Waals surface area contributed by atoms with E-state index in [1.165, 1.54) is 24.5 Å². The highest BCUT2D eigenvalue weighted by atomic mass is 32.2. The summed E-state index contributed by atoms with van der Waals surface area (Å²) in [6.07, 6.45) is 3.60. The number of hydrogen-bond donors (Lipinski definition) is 1. The van der Waals surface area contributed by atoms with Crippen LogP contribution in [0, 0.1) is 5.92 Å². The summed E-state index contributed by atoms with van der Waals surface area (Å²) in [4.78, 5) is 0. The summed E-state index contributed by atoms with van der Waals surface area (Å²) in [7, 11) is 0. The molecule has 1 heterocycles. The SMILES string of the molecule is CSC(C)(C)CNCC1CCSC1. The second kappa shape index (κ2) is 5.52. The van der Waals surface area contributed by atoms with Gasteiger partial charge in [-0.15, -0.1) is 0 Å². The zero-order valence-electron chi connectivity index (χ0n) is 8.93. The van der Waals surface area contributed by atoms with Crippen molar-refractivity contribution in [3.63, 3.8) is 0 Å². The average Bonchev–Trinajstić information content (AvgIpc) is 2.57. The van der Waals surface area contributed by atoms with Crippen LogP contribution in [0.5, 0.6) is 0 Å². The van der Waals surface area contributed by atoms with Crippen LogP contribution in [0.15, 0.2) is 0 Å². The molecule has 0 aromatic rings. The fraction of sp³-hybridized carbons (Fsp3) is 1.00. The lowest BCUT2D eigenvalue weighted by Crippen LogP contribution is -2.34. The van der Waals surface area contributed by atoms with Gasteiger partial charge < -0.3 is 5.32 Å². The van der Waals surface area contributed by atoms with E-state index in [1.807, 2.05) is 11.8 Å². The van der Waals surface area contributed by atoms with E-state index in [0.717, 1.165) is 12.5 Å². The molecule has 0 saturated carbocycles. The Morgan fingerprint density at radius 1 is 1.54 bits per heavy atom. The quantitative estimate of drug-likeness (QED) is 0.763. The Labute approximate surface area is 90.8 Å². The van der Waals surface area contributed by atoms with E-state index in [-0.39, 0.29) is 0 Å². The summed E-state index contributed by atoms with van der Waals surface area (Å²) in [5, 5.41) is 3.58. The molecule has 0 bridgehead atoms. The third-order valence-electron chi connectivity index (χ3n) is 2.56. The molecule has 1 N–H and O–H groups in total. The first-order valence-electron chi connectivity index (χ1n) is 4.98. The molecule has 0 aromatic carbocycles. The molecule has 0 spiro atoms. The predicted molar refractivity (Wildman–Crippen MR) is 65.9 cm³/mol. The third-order valence-corrected chi connectivity index (χ3v) is 5.04. The molecule has 1 unspecified atom stereocenters. The monoisotopic (exact) mass is 219 g/mol. The molecule has 3 heteroatoms. The van der Waals surface area contributed by atoms with Crippen molar-refractivity contribution < 1.29 is 0 Å². The van der Waals surface area contributed by atoms with Crippen LogP contribution >= 0.6 is 23.5 Å². The van der Waals surface area contributed by atoms with Crippen molar-refractivity contribution in [1.82, 2.24) is 5.32 Å². The van der Waals surface area contributed by atoms with Crippen LogP contribution < -0.4 is 5.32 Å². The van der Waals surface area contributed by atoms with Crippen LogP contribution in [0.25, 0.3) is 0 Å². The van der Waals surface area contributed by atoms with Crippen molar-refractivity contribution in [3.05, 3.63) is 0 Å². The van der Waals surface area contributed by atoms with Gasteiger partial charge in [-0.1, -0.05) is 0 Å². The maximum Gasteiger partial charge on any atom is 0.0225 e. The summed E-state index contributed by atoms with van der Waals surface area (Å²) in [6, 6.07) is 0. The van der Waals surface area contributed by atoms with Crippen molar-refractivity contribution in [3.8, 4) is 0 Å². The number of nitrogens with one attached hydrogen (secondary N) is 1. The van der Waals surface area contributed by atoms with Gasteiger partial charge in [-0.3, -0.25) is 0 Å². The van der Waals surface area contributed by atoms with Gasteiger partial charge in [0.05, 0.1) is 0 Å². The Hall–Kier alpha value is 0.660. The number of rotatable bonds is 5. The van der Waals surface area contributed by atoms with E-state index in [2.05, 4.69) is 37.2 Å². The van der Waals surface area contributed by atoms with Crippen molar-refractivity contribution in [2.24, 2.45) is 5.92 Å². The molecule has 1 nitrogen and oxygen atoms in total. The fourth-order valence-electron chi connectivity index (χ4n) is 1.39. The molecule has 1 aliphatic heterocycles. The van der Waals surface area contributed by atoms with Gasteiger partial charge in [-0.25, -0.2) is 0 Å². The first kappa shape index (κ1) is 11.7. The molecular formula is C10H21NS2. The highest BCUT2D eigenvalue weighted by Gasteiger charge is 2.18. The van der Waals surface area contributed by atoms with Crippen LogP contribution in [-0.4, -0.2) is 35.6 Å². The second-order valence-corrected chi connectivity index (χ2v) is 6.99. The molecule has 1 aliphatic rings. The van der Waals surface area contributed by atoms with Crippen LogP contribution in [0.4, 0.5) is 0 Å². The van der Waals surface area contributed by atoms with Crippen molar-refractivity contribution in [1.29, 1.82) is 0 Å². The summed E-state index contributed by atoms with van der Waals surface area (Å²) in [6.45, 7) is 6.95. The molecule has 0 aliphatic carbocycles. The Kier molecular flexibility index (Phi) is 4.98. The Bertz CT molecular complexity index is 142. The Morgan fingerprint density at radius 2 is 2.31 bits per heavy atom. The standard InChI is InChI=1S/C10H21NS2/c1-10(2,12-3)8-11-6-9-4-5-13-7-9/h9,11H,4-8H2,1-3H3. The number of hydrogen-bond acceptors (Lipinski definition) is 3. The van der Waals surface area contributed by atoms with Gasteiger partial charge in [-0.05, 0) is 50.5 Å². The molecular weight excluding hydrogens is 198 g/mol. The molecule has 13 heavy (non-hydrogen) atoms. The molecule has 78 valence electrons. The van der Waals surface area contributed by atoms with E-state index in [9.17, 15) is 0 Å². The van der Waals surface area contributed by atoms with E-state index >= 15 is 0 Å². The third kappa shape index (κ3) is 4.61. The van der Waals surface area contributed by atoms with Gasteiger partial charge in [0, 0.05) is 11.3 Å². The first-order valence-corrected chi connectivity index (χ1v) is 7.35. The minimum Gasteiger partial charge on any atom is -0.315 e. The highest BCUT2D eigenvalue weighted by Crippen LogP contribution is 2.23. The van der Waals surface area contributed by atoms with Gasteiger partial charge in [-0.2, -0.15) is 23.5 Å². The van der Waals surface area contributed by atoms with Gasteiger partial charge in [0.15, 0.2) is 0 Å². The maximum absolute atomic E-state index is 3.58. The van der Waals surface area contributed by atoms with E-state index in [1.54, 1.807) is 0 Å². The summed E-state index contributed by atoms with van der Waals surface area (Å²) < 4.78 is 0.395. The van der Waals surface area contributed by atoms with Gasteiger partial charge in [0.25, 0.3) is 0 Å². The zero-order chi connectivity index (χ0) is 9.73. The molecule has 0 aromatic heterocycles. The van der Waals surface area contributed by atoms with E-state index in [0.29, 0.717) is 4.75 Å². The van der Waals surface area contributed by atoms with Gasteiger partial charge in [0.2, 0.25) is 0 Å². The van der Waals surface area contributed by atoms with E-state index in [4.69, 9.17) is 0 Å². The fourth-order valence-corrected chi connectivity index (χ4v) is 2.92. The summed E-state index contributed by atoms with van der Waals surface area (Å²) >= 11 is 4.04. The molecule has 0 radical (unpaired) electrons. The second-order valence-electron chi connectivity index (χ2n) is 4.32. The average molecular weight is 219 g/mol. The van der Waals surface area contributed by atoms with Crippen molar-refractivity contribution in [2.75, 3.05) is 30.9 Å². The normalized spacial score (nSPS) is 23.8. The van der Waals surface area contributed by atoms with Crippen LogP contribution in [0.2, 0.25) is 0 Å². The summed E-state index contributed by atoms with van der Waals surface area (Å²) in [5.74, 6) is 3.67. The smallest absolute Gasteiger partial charge is 0.0225 e. The van der Waals surface area contributed by atoms with Crippen LogP contribution in [0.1, 0.15) is 20.3 Å². The summed E-state index contributed by atoms with van der Waals surface area (Å²) in [5.41, 5.74) is 0. The lowest BCUT2D eigenvalue weighted by molar-refractivity contribution is 0.498. The molecule has 1 saturated heterocycles. The minimum absolute atomic E-state index is 0.395. The van der Waals surface area contributed by atoms with Crippen molar-refractivity contribution >= 4 is 23.5 Å². The van der Waals surface area contributed by atoms with E-state index < -0.39 is 0 Å². The lowest BCUT2D eigenvalue weighted by atomic mass is 10.1. The zero-order valence-corrected chi connectivity index (χ0v) is 10.6. The number of thioether (sulfide) groups is 2. The predicted octanol–water partition coefficient (Wildman–Crippen LogP) is 2.47. The molecule has 1 rings (SSSR count). The van der Waals surface area contributed by atoms with Gasteiger partial charge in [0.1, 0.15) is 0 Å². The maximum atomic E-state index is 3.58. The van der Waals surface area contributed by atoms with Crippen LogP contribution in [-0.2, 0) is 0 Å². The molecule has 1 fully saturated rings. The highest BCUT2D eigenvalue weighted by molar-refractivity contribution is 8.00. The Balaban J connectivity index is 2.06. The minimum atomic E-state index is 0.395. The topological polar surface area (TPSA) is 12.0 Å². The molecule has 0 amide bonds. The van der Waals surface area contributed by atoms with Crippen molar-refractivity contribution in [2.45, 2.75) is 25.0 Å². The Morgan fingerprint density at radius 3 is 2.85 bits per heavy atom. The first-order chi connectivity index (χ1) is 6.14. The van der Waals surface area contributed by atoms with Crippen LogP contribution in [0.3, 0.4) is 0 Å².